The summed E-state index contributed by atoms with van der Waals surface area (Å²) < 4.78 is 2.06. The van der Waals surface area contributed by atoms with E-state index in [4.69, 9.17) is 0 Å². The van der Waals surface area contributed by atoms with Gasteiger partial charge in [-0.25, -0.2) is 4.98 Å². The van der Waals surface area contributed by atoms with Crippen molar-refractivity contribution in [3.8, 4) is 0 Å². The minimum atomic E-state index is 0.704. The number of rotatable bonds is 7. The number of guanidine groups is 1. The van der Waals surface area contributed by atoms with Crippen LogP contribution in [0.4, 0.5) is 5.82 Å². The quantitative estimate of drug-likeness (QED) is 0.525. The maximum atomic E-state index is 4.55. The summed E-state index contributed by atoms with van der Waals surface area (Å²) in [5, 5.41) is 14.8. The van der Waals surface area contributed by atoms with E-state index in [1.807, 2.05) is 12.3 Å². The molecule has 0 spiro atoms. The summed E-state index contributed by atoms with van der Waals surface area (Å²) in [5.41, 5.74) is 1.19. The maximum absolute atomic E-state index is 4.55. The van der Waals surface area contributed by atoms with E-state index in [0.717, 1.165) is 63.3 Å². The molecule has 3 heterocycles. The Hall–Kier alpha value is -2.68. The van der Waals surface area contributed by atoms with Crippen molar-refractivity contribution in [2.75, 3.05) is 51.7 Å². The number of aliphatic imine (C=N–C) groups is 1. The summed E-state index contributed by atoms with van der Waals surface area (Å²) in [4.78, 5) is 13.6. The number of anilines is 1. The van der Waals surface area contributed by atoms with Gasteiger partial charge in [-0.3, -0.25) is 4.99 Å². The first-order valence-electron chi connectivity index (χ1n) is 9.89. The van der Waals surface area contributed by atoms with Gasteiger partial charge in [0.05, 0.1) is 0 Å². The Morgan fingerprint density at radius 3 is 2.79 bits per heavy atom. The number of pyridine rings is 1. The fourth-order valence-corrected chi connectivity index (χ4v) is 3.22. The second kappa shape index (κ2) is 10.0. The van der Waals surface area contributed by atoms with Crippen molar-refractivity contribution < 1.29 is 0 Å². The Labute approximate surface area is 166 Å². The molecule has 1 fully saturated rings. The average molecular weight is 386 g/mol. The Bertz CT molecular complexity index is 762. The molecule has 1 aliphatic rings. The van der Waals surface area contributed by atoms with Gasteiger partial charge in [-0.05, 0) is 24.7 Å². The molecular weight excluding hydrogens is 354 g/mol. The number of likely N-dealkylation sites (N-methyl/N-ethyl adjacent to an activating group) is 1. The van der Waals surface area contributed by atoms with E-state index in [9.17, 15) is 0 Å². The number of hydrogen-bond acceptors (Lipinski definition) is 6. The predicted octanol–water partition coefficient (Wildman–Crippen LogP) is 0.353. The van der Waals surface area contributed by atoms with Crippen molar-refractivity contribution in [3.05, 3.63) is 36.0 Å². The first-order valence-corrected chi connectivity index (χ1v) is 9.89. The van der Waals surface area contributed by atoms with Gasteiger partial charge in [-0.15, -0.1) is 10.2 Å². The number of aryl methyl sites for hydroxylation is 1. The standard InChI is InChI=1S/C19H31N9/c1-4-17-25-24-15-28(17)8-7-22-19(20-2)23-14-16-5-6-21-18(13-16)27-11-9-26(3)10-12-27/h5-6,13,15H,4,7-12,14H2,1-3H3,(H2,20,22,23). The lowest BCUT2D eigenvalue weighted by Crippen LogP contribution is -2.44. The van der Waals surface area contributed by atoms with Gasteiger partial charge in [0.2, 0.25) is 0 Å². The first-order chi connectivity index (χ1) is 13.7. The van der Waals surface area contributed by atoms with Crippen LogP contribution in [0, 0.1) is 0 Å². The third kappa shape index (κ3) is 5.41. The van der Waals surface area contributed by atoms with Crippen LogP contribution in [0.15, 0.2) is 29.6 Å². The highest BCUT2D eigenvalue weighted by molar-refractivity contribution is 5.79. The zero-order chi connectivity index (χ0) is 19.8. The van der Waals surface area contributed by atoms with Crippen molar-refractivity contribution in [3.63, 3.8) is 0 Å². The van der Waals surface area contributed by atoms with E-state index >= 15 is 0 Å². The van der Waals surface area contributed by atoms with Gasteiger partial charge in [-0.1, -0.05) is 6.92 Å². The molecule has 2 aromatic rings. The van der Waals surface area contributed by atoms with Gasteiger partial charge >= 0.3 is 0 Å². The summed E-state index contributed by atoms with van der Waals surface area (Å²) in [5.74, 6) is 2.83. The molecule has 0 bridgehead atoms. The number of aromatic nitrogens is 4. The number of nitrogens with zero attached hydrogens (tertiary/aromatic N) is 7. The molecule has 1 saturated heterocycles. The molecule has 1 aliphatic heterocycles. The molecule has 9 nitrogen and oxygen atoms in total. The van der Waals surface area contributed by atoms with Crippen LogP contribution in [0.25, 0.3) is 0 Å². The molecule has 2 aromatic heterocycles. The molecule has 28 heavy (non-hydrogen) atoms. The summed E-state index contributed by atoms with van der Waals surface area (Å²) in [6.07, 6.45) is 4.54. The highest BCUT2D eigenvalue weighted by Crippen LogP contribution is 2.14. The minimum absolute atomic E-state index is 0.704. The summed E-state index contributed by atoms with van der Waals surface area (Å²) >= 11 is 0. The van der Waals surface area contributed by atoms with Crippen molar-refractivity contribution in [1.82, 2.24) is 35.3 Å². The van der Waals surface area contributed by atoms with Crippen LogP contribution in [-0.2, 0) is 19.5 Å². The van der Waals surface area contributed by atoms with Gasteiger partial charge in [0.1, 0.15) is 18.0 Å². The number of piperazine rings is 1. The molecule has 3 rings (SSSR count). The van der Waals surface area contributed by atoms with Gasteiger partial charge in [0.25, 0.3) is 0 Å². The van der Waals surface area contributed by atoms with E-state index in [-0.39, 0.29) is 0 Å². The van der Waals surface area contributed by atoms with Crippen LogP contribution in [-0.4, -0.2) is 77.4 Å². The molecule has 0 aromatic carbocycles. The molecule has 9 heteroatoms. The molecule has 0 atom stereocenters. The Morgan fingerprint density at radius 2 is 2.04 bits per heavy atom. The molecular formula is C19H31N9. The van der Waals surface area contributed by atoms with Crippen LogP contribution in [0.5, 0.6) is 0 Å². The van der Waals surface area contributed by atoms with E-state index in [0.29, 0.717) is 6.54 Å². The fourth-order valence-electron chi connectivity index (χ4n) is 3.22. The first kappa shape index (κ1) is 20.1. The lowest BCUT2D eigenvalue weighted by Gasteiger charge is -2.33. The SMILES string of the molecule is CCc1nncn1CCNC(=NC)NCc1ccnc(N2CCN(C)CC2)c1. The highest BCUT2D eigenvalue weighted by atomic mass is 15.3. The fraction of sp³-hybridized carbons (Fsp3) is 0.579. The van der Waals surface area contributed by atoms with Crippen LogP contribution in [0.3, 0.4) is 0 Å². The summed E-state index contributed by atoms with van der Waals surface area (Å²) in [6.45, 7) is 8.54. The van der Waals surface area contributed by atoms with Crippen molar-refractivity contribution in [2.45, 2.75) is 26.4 Å². The smallest absolute Gasteiger partial charge is 0.191 e. The molecule has 0 amide bonds. The lowest BCUT2D eigenvalue weighted by atomic mass is 10.2. The van der Waals surface area contributed by atoms with E-state index in [1.54, 1.807) is 13.4 Å². The van der Waals surface area contributed by atoms with E-state index in [2.05, 4.69) is 65.2 Å². The topological polar surface area (TPSA) is 86.5 Å². The minimum Gasteiger partial charge on any atom is -0.355 e. The van der Waals surface area contributed by atoms with E-state index < -0.39 is 0 Å². The Balaban J connectivity index is 1.47. The van der Waals surface area contributed by atoms with Crippen LogP contribution >= 0.6 is 0 Å². The normalized spacial score (nSPS) is 15.7. The monoisotopic (exact) mass is 385 g/mol. The van der Waals surface area contributed by atoms with Gasteiger partial charge in [0, 0.05) is 65.5 Å². The molecule has 0 saturated carbocycles. The maximum Gasteiger partial charge on any atom is 0.191 e. The van der Waals surface area contributed by atoms with Gasteiger partial charge < -0.3 is 25.0 Å². The molecule has 152 valence electrons. The Morgan fingerprint density at radius 1 is 1.21 bits per heavy atom. The van der Waals surface area contributed by atoms with Crippen LogP contribution in [0.1, 0.15) is 18.3 Å². The molecule has 2 N–H and O–H groups in total. The van der Waals surface area contributed by atoms with Crippen molar-refractivity contribution in [2.24, 2.45) is 4.99 Å². The summed E-state index contributed by atoms with van der Waals surface area (Å²) in [7, 11) is 3.95. The van der Waals surface area contributed by atoms with Crippen LogP contribution in [0.2, 0.25) is 0 Å². The molecule has 0 radical (unpaired) electrons. The third-order valence-electron chi connectivity index (χ3n) is 4.98. The Kier molecular flexibility index (Phi) is 7.18. The predicted molar refractivity (Wildman–Crippen MR) is 112 cm³/mol. The number of hydrogen-bond donors (Lipinski definition) is 2. The average Bonchev–Trinajstić information content (AvgIpc) is 3.19. The zero-order valence-corrected chi connectivity index (χ0v) is 17.1. The zero-order valence-electron chi connectivity index (χ0n) is 17.1. The molecule has 0 aliphatic carbocycles. The van der Waals surface area contributed by atoms with Crippen molar-refractivity contribution in [1.29, 1.82) is 0 Å². The van der Waals surface area contributed by atoms with Gasteiger partial charge in [-0.2, -0.15) is 0 Å². The van der Waals surface area contributed by atoms with Crippen LogP contribution < -0.4 is 15.5 Å². The second-order valence-corrected chi connectivity index (χ2v) is 6.96. The third-order valence-corrected chi connectivity index (χ3v) is 4.98. The number of nitrogens with one attached hydrogen (secondary N) is 2. The molecule has 0 unspecified atom stereocenters. The van der Waals surface area contributed by atoms with Gasteiger partial charge in [0.15, 0.2) is 5.96 Å². The largest absolute Gasteiger partial charge is 0.355 e. The second-order valence-electron chi connectivity index (χ2n) is 6.96. The van der Waals surface area contributed by atoms with Crippen molar-refractivity contribution >= 4 is 11.8 Å². The summed E-state index contributed by atoms with van der Waals surface area (Å²) in [6, 6.07) is 4.21. The highest BCUT2D eigenvalue weighted by Gasteiger charge is 2.15. The van der Waals surface area contributed by atoms with E-state index in [1.165, 1.54) is 5.56 Å². The lowest BCUT2D eigenvalue weighted by molar-refractivity contribution is 0.312.